The summed E-state index contributed by atoms with van der Waals surface area (Å²) in [7, 11) is 2.15. The second kappa shape index (κ2) is 5.63. The Bertz CT molecular complexity index is 391. The lowest BCUT2D eigenvalue weighted by molar-refractivity contribution is 0.199. The van der Waals surface area contributed by atoms with Crippen molar-refractivity contribution in [1.82, 2.24) is 0 Å². The standard InChI is InChI=1S/C13H18BrNOS/c1-9(16)10-3-4-13(12(14)7-10)15(2)11-5-6-17-8-11/h3-4,7,9,11,16H,5-6,8H2,1-2H3/t9-,11?/m0/s1. The monoisotopic (exact) mass is 315 g/mol. The molecule has 1 unspecified atom stereocenters. The average molecular weight is 316 g/mol. The van der Waals surface area contributed by atoms with Crippen LogP contribution in [0.25, 0.3) is 0 Å². The second-order valence-corrected chi connectivity index (χ2v) is 6.52. The summed E-state index contributed by atoms with van der Waals surface area (Å²) in [5.74, 6) is 2.47. The summed E-state index contributed by atoms with van der Waals surface area (Å²) in [5.41, 5.74) is 2.16. The molecule has 1 N–H and O–H groups in total. The average Bonchev–Trinajstić information content (AvgIpc) is 2.81. The first-order valence-electron chi connectivity index (χ1n) is 5.87. The zero-order valence-corrected chi connectivity index (χ0v) is 12.6. The van der Waals surface area contributed by atoms with Gasteiger partial charge in [-0.15, -0.1) is 0 Å². The van der Waals surface area contributed by atoms with Crippen LogP contribution in [0.15, 0.2) is 22.7 Å². The van der Waals surface area contributed by atoms with Gasteiger partial charge in [-0.25, -0.2) is 0 Å². The number of anilines is 1. The van der Waals surface area contributed by atoms with Crippen LogP contribution in [0, 0.1) is 0 Å². The first-order chi connectivity index (χ1) is 8.09. The molecule has 17 heavy (non-hydrogen) atoms. The molecule has 1 saturated heterocycles. The van der Waals surface area contributed by atoms with E-state index in [1.165, 1.54) is 23.6 Å². The number of thioether (sulfide) groups is 1. The third-order valence-corrected chi connectivity index (χ3v) is 5.07. The van der Waals surface area contributed by atoms with Gasteiger partial charge in [0.2, 0.25) is 0 Å². The van der Waals surface area contributed by atoms with Gasteiger partial charge in [0, 0.05) is 23.3 Å². The Balaban J connectivity index is 2.20. The van der Waals surface area contributed by atoms with Gasteiger partial charge in [-0.05, 0) is 52.7 Å². The molecule has 4 heteroatoms. The molecule has 2 atom stereocenters. The highest BCUT2D eigenvalue weighted by atomic mass is 79.9. The van der Waals surface area contributed by atoms with Gasteiger partial charge < -0.3 is 10.0 Å². The number of aliphatic hydroxyl groups excluding tert-OH is 1. The third-order valence-electron chi connectivity index (χ3n) is 3.29. The van der Waals surface area contributed by atoms with E-state index in [1.54, 1.807) is 6.92 Å². The summed E-state index contributed by atoms with van der Waals surface area (Å²) in [6.07, 6.45) is 0.846. The molecule has 1 fully saturated rings. The Morgan fingerprint density at radius 1 is 1.53 bits per heavy atom. The molecule has 94 valence electrons. The number of rotatable bonds is 3. The van der Waals surface area contributed by atoms with Crippen molar-refractivity contribution < 1.29 is 5.11 Å². The van der Waals surface area contributed by atoms with Crippen LogP contribution >= 0.6 is 27.7 Å². The molecule has 0 amide bonds. The van der Waals surface area contributed by atoms with E-state index in [4.69, 9.17) is 0 Å². The number of benzene rings is 1. The van der Waals surface area contributed by atoms with E-state index in [0.29, 0.717) is 6.04 Å². The van der Waals surface area contributed by atoms with Crippen LogP contribution in [-0.4, -0.2) is 29.7 Å². The predicted octanol–water partition coefficient (Wildman–Crippen LogP) is 3.44. The maximum absolute atomic E-state index is 9.55. The van der Waals surface area contributed by atoms with Crippen LogP contribution in [0.2, 0.25) is 0 Å². The maximum atomic E-state index is 9.55. The Labute approximate surface area is 116 Å². The fourth-order valence-corrected chi connectivity index (χ4v) is 4.04. The van der Waals surface area contributed by atoms with Gasteiger partial charge in [-0.3, -0.25) is 0 Å². The molecule has 2 nitrogen and oxygen atoms in total. The van der Waals surface area contributed by atoms with E-state index in [9.17, 15) is 5.11 Å². The minimum absolute atomic E-state index is 0.410. The van der Waals surface area contributed by atoms with Crippen molar-refractivity contribution in [2.75, 3.05) is 23.5 Å². The van der Waals surface area contributed by atoms with E-state index in [-0.39, 0.29) is 0 Å². The largest absolute Gasteiger partial charge is 0.389 e. The SMILES string of the molecule is C[C@H](O)c1ccc(N(C)C2CCSC2)c(Br)c1. The van der Waals surface area contributed by atoms with E-state index in [2.05, 4.69) is 33.9 Å². The highest BCUT2D eigenvalue weighted by Crippen LogP contribution is 2.32. The molecule has 0 aliphatic carbocycles. The van der Waals surface area contributed by atoms with E-state index < -0.39 is 6.10 Å². The Kier molecular flexibility index (Phi) is 4.39. The fraction of sp³-hybridized carbons (Fsp3) is 0.538. The smallest absolute Gasteiger partial charge is 0.0762 e. The van der Waals surface area contributed by atoms with E-state index >= 15 is 0 Å². The van der Waals surface area contributed by atoms with Gasteiger partial charge in [-0.2, -0.15) is 11.8 Å². The lowest BCUT2D eigenvalue weighted by Gasteiger charge is -2.27. The van der Waals surface area contributed by atoms with Gasteiger partial charge in [0.1, 0.15) is 0 Å². The minimum Gasteiger partial charge on any atom is -0.389 e. The molecular formula is C13H18BrNOS. The van der Waals surface area contributed by atoms with Crippen LogP contribution in [0.3, 0.4) is 0 Å². The zero-order chi connectivity index (χ0) is 12.4. The summed E-state index contributed by atoms with van der Waals surface area (Å²) < 4.78 is 1.07. The molecule has 0 spiro atoms. The topological polar surface area (TPSA) is 23.5 Å². The van der Waals surface area contributed by atoms with Crippen molar-refractivity contribution in [3.8, 4) is 0 Å². The summed E-state index contributed by atoms with van der Waals surface area (Å²) >= 11 is 5.63. The zero-order valence-electron chi connectivity index (χ0n) is 10.2. The molecule has 1 aliphatic heterocycles. The number of aliphatic hydroxyl groups is 1. The summed E-state index contributed by atoms with van der Waals surface area (Å²) in [4.78, 5) is 2.34. The lowest BCUT2D eigenvalue weighted by atomic mass is 10.1. The molecule has 2 rings (SSSR count). The lowest BCUT2D eigenvalue weighted by Crippen LogP contribution is -2.31. The highest BCUT2D eigenvalue weighted by molar-refractivity contribution is 9.10. The Hall–Kier alpha value is -0.190. The van der Waals surface area contributed by atoms with Crippen molar-refractivity contribution in [1.29, 1.82) is 0 Å². The van der Waals surface area contributed by atoms with Crippen molar-refractivity contribution >= 4 is 33.4 Å². The maximum Gasteiger partial charge on any atom is 0.0762 e. The first kappa shape index (κ1) is 13.2. The first-order valence-corrected chi connectivity index (χ1v) is 7.82. The summed E-state index contributed by atoms with van der Waals surface area (Å²) in [6.45, 7) is 1.79. The van der Waals surface area contributed by atoms with Crippen LogP contribution in [0.1, 0.15) is 25.0 Å². The fourth-order valence-electron chi connectivity index (χ4n) is 2.09. The highest BCUT2D eigenvalue weighted by Gasteiger charge is 2.21. The van der Waals surface area contributed by atoms with Crippen LogP contribution in [0.5, 0.6) is 0 Å². The Morgan fingerprint density at radius 2 is 2.29 bits per heavy atom. The molecule has 0 bridgehead atoms. The van der Waals surface area contributed by atoms with Gasteiger partial charge in [0.15, 0.2) is 0 Å². The molecule has 0 radical (unpaired) electrons. The van der Waals surface area contributed by atoms with Crippen LogP contribution in [0.4, 0.5) is 5.69 Å². The number of halogens is 1. The normalized spacial score (nSPS) is 21.5. The number of hydrogen-bond donors (Lipinski definition) is 1. The van der Waals surface area contributed by atoms with Crippen molar-refractivity contribution in [2.24, 2.45) is 0 Å². The van der Waals surface area contributed by atoms with Crippen molar-refractivity contribution in [3.05, 3.63) is 28.2 Å². The predicted molar refractivity (Wildman–Crippen MR) is 78.9 cm³/mol. The second-order valence-electron chi connectivity index (χ2n) is 4.52. The quantitative estimate of drug-likeness (QED) is 0.924. The van der Waals surface area contributed by atoms with E-state index in [0.717, 1.165) is 10.0 Å². The Morgan fingerprint density at radius 3 is 2.82 bits per heavy atom. The number of nitrogens with zero attached hydrogens (tertiary/aromatic N) is 1. The summed E-state index contributed by atoms with van der Waals surface area (Å²) in [5, 5.41) is 9.55. The molecule has 0 saturated carbocycles. The molecule has 1 aromatic rings. The minimum atomic E-state index is -0.410. The molecule has 1 heterocycles. The van der Waals surface area contributed by atoms with Crippen LogP contribution < -0.4 is 4.90 Å². The molecule has 0 aromatic heterocycles. The van der Waals surface area contributed by atoms with E-state index in [1.807, 2.05) is 23.9 Å². The molecule has 1 aromatic carbocycles. The van der Waals surface area contributed by atoms with Gasteiger partial charge >= 0.3 is 0 Å². The molecular weight excluding hydrogens is 298 g/mol. The molecule has 1 aliphatic rings. The number of hydrogen-bond acceptors (Lipinski definition) is 3. The van der Waals surface area contributed by atoms with Gasteiger partial charge in [0.25, 0.3) is 0 Å². The van der Waals surface area contributed by atoms with Crippen LogP contribution in [-0.2, 0) is 0 Å². The van der Waals surface area contributed by atoms with Gasteiger partial charge in [0.05, 0.1) is 11.8 Å². The van der Waals surface area contributed by atoms with Crippen molar-refractivity contribution in [3.63, 3.8) is 0 Å². The van der Waals surface area contributed by atoms with Gasteiger partial charge in [-0.1, -0.05) is 6.07 Å². The summed E-state index contributed by atoms with van der Waals surface area (Å²) in [6, 6.07) is 6.74. The van der Waals surface area contributed by atoms with Crippen molar-refractivity contribution in [2.45, 2.75) is 25.5 Å². The third kappa shape index (κ3) is 2.98.